The van der Waals surface area contributed by atoms with Crippen LogP contribution in [0.4, 0.5) is 0 Å². The SMILES string of the molecule is C[C@H](CNC(=O)c1cccc(OCc2cccnc2)c1)N1CCCC1. The molecule has 1 aliphatic rings. The average molecular weight is 339 g/mol. The second kappa shape index (κ2) is 8.62. The van der Waals surface area contributed by atoms with Gasteiger partial charge < -0.3 is 10.1 Å². The fraction of sp³-hybridized carbons (Fsp3) is 0.400. The summed E-state index contributed by atoms with van der Waals surface area (Å²) in [5.74, 6) is 0.627. The van der Waals surface area contributed by atoms with Gasteiger partial charge in [0.05, 0.1) is 0 Å². The van der Waals surface area contributed by atoms with Crippen LogP contribution in [-0.2, 0) is 6.61 Å². The van der Waals surface area contributed by atoms with Gasteiger partial charge >= 0.3 is 0 Å². The van der Waals surface area contributed by atoms with Crippen molar-refractivity contribution < 1.29 is 9.53 Å². The molecule has 1 aromatic carbocycles. The Morgan fingerprint density at radius 1 is 1.28 bits per heavy atom. The number of nitrogens with zero attached hydrogens (tertiary/aromatic N) is 2. The average Bonchev–Trinajstić information content (AvgIpc) is 3.20. The zero-order valence-electron chi connectivity index (χ0n) is 14.6. The van der Waals surface area contributed by atoms with Crippen molar-refractivity contribution in [3.05, 3.63) is 59.9 Å². The maximum Gasteiger partial charge on any atom is 0.251 e. The summed E-state index contributed by atoms with van der Waals surface area (Å²) in [5, 5.41) is 3.03. The van der Waals surface area contributed by atoms with Crippen LogP contribution in [0.3, 0.4) is 0 Å². The number of hydrogen-bond acceptors (Lipinski definition) is 4. The number of ether oxygens (including phenoxy) is 1. The molecule has 5 heteroatoms. The van der Waals surface area contributed by atoms with E-state index in [1.54, 1.807) is 18.5 Å². The Balaban J connectivity index is 1.52. The van der Waals surface area contributed by atoms with Gasteiger partial charge in [-0.2, -0.15) is 0 Å². The Morgan fingerprint density at radius 2 is 2.12 bits per heavy atom. The molecule has 2 heterocycles. The summed E-state index contributed by atoms with van der Waals surface area (Å²) in [6.45, 7) is 5.53. The number of rotatable bonds is 7. The van der Waals surface area contributed by atoms with Crippen LogP contribution in [-0.4, -0.2) is 41.5 Å². The topological polar surface area (TPSA) is 54.5 Å². The highest BCUT2D eigenvalue weighted by atomic mass is 16.5. The van der Waals surface area contributed by atoms with Gasteiger partial charge in [0.15, 0.2) is 0 Å². The van der Waals surface area contributed by atoms with E-state index in [0.29, 0.717) is 30.5 Å². The smallest absolute Gasteiger partial charge is 0.251 e. The van der Waals surface area contributed by atoms with Gasteiger partial charge in [0, 0.05) is 36.1 Å². The third-order valence-electron chi connectivity index (χ3n) is 4.55. The highest BCUT2D eigenvalue weighted by Gasteiger charge is 2.18. The van der Waals surface area contributed by atoms with Crippen LogP contribution in [0.25, 0.3) is 0 Å². The van der Waals surface area contributed by atoms with Crippen LogP contribution in [0.15, 0.2) is 48.8 Å². The summed E-state index contributed by atoms with van der Waals surface area (Å²) in [5.41, 5.74) is 1.62. The monoisotopic (exact) mass is 339 g/mol. The molecule has 2 aromatic rings. The van der Waals surface area contributed by atoms with E-state index in [2.05, 4.69) is 22.1 Å². The Morgan fingerprint density at radius 3 is 2.88 bits per heavy atom. The number of carbonyl (C=O) groups excluding carboxylic acids is 1. The van der Waals surface area contributed by atoms with E-state index in [1.165, 1.54) is 12.8 Å². The Kier molecular flexibility index (Phi) is 6.01. The Bertz CT molecular complexity index is 684. The molecule has 1 saturated heterocycles. The first-order valence-electron chi connectivity index (χ1n) is 8.86. The first-order chi connectivity index (χ1) is 12.2. The maximum atomic E-state index is 12.4. The number of benzene rings is 1. The predicted octanol–water partition coefficient (Wildman–Crippen LogP) is 2.87. The van der Waals surface area contributed by atoms with Crippen molar-refractivity contribution in [2.24, 2.45) is 0 Å². The third-order valence-corrected chi connectivity index (χ3v) is 4.55. The van der Waals surface area contributed by atoms with Crippen LogP contribution in [0.5, 0.6) is 5.75 Å². The van der Waals surface area contributed by atoms with E-state index < -0.39 is 0 Å². The number of likely N-dealkylation sites (tertiary alicyclic amines) is 1. The molecular weight excluding hydrogens is 314 g/mol. The Hall–Kier alpha value is -2.40. The van der Waals surface area contributed by atoms with Gasteiger partial charge in [-0.1, -0.05) is 12.1 Å². The van der Waals surface area contributed by atoms with Gasteiger partial charge in [-0.15, -0.1) is 0 Å². The van der Waals surface area contributed by atoms with Gasteiger partial charge in [-0.25, -0.2) is 0 Å². The molecule has 1 amide bonds. The van der Waals surface area contributed by atoms with E-state index >= 15 is 0 Å². The molecular formula is C20H25N3O2. The molecule has 3 rings (SSSR count). The van der Waals surface area contributed by atoms with E-state index in [9.17, 15) is 4.79 Å². The van der Waals surface area contributed by atoms with Crippen LogP contribution in [0.2, 0.25) is 0 Å². The minimum Gasteiger partial charge on any atom is -0.489 e. The van der Waals surface area contributed by atoms with Gasteiger partial charge in [-0.3, -0.25) is 14.7 Å². The minimum atomic E-state index is -0.0575. The fourth-order valence-corrected chi connectivity index (χ4v) is 3.03. The highest BCUT2D eigenvalue weighted by Crippen LogP contribution is 2.15. The van der Waals surface area contributed by atoms with Crippen LogP contribution in [0.1, 0.15) is 35.7 Å². The van der Waals surface area contributed by atoms with Gasteiger partial charge in [-0.05, 0) is 57.1 Å². The summed E-state index contributed by atoms with van der Waals surface area (Å²) >= 11 is 0. The first kappa shape index (κ1) is 17.4. The molecule has 1 aromatic heterocycles. The normalized spacial score (nSPS) is 15.7. The second-order valence-corrected chi connectivity index (χ2v) is 6.48. The summed E-state index contributed by atoms with van der Waals surface area (Å²) in [4.78, 5) is 18.9. The van der Waals surface area contributed by atoms with Crippen molar-refractivity contribution in [3.63, 3.8) is 0 Å². The maximum absolute atomic E-state index is 12.4. The number of pyridine rings is 1. The number of nitrogens with one attached hydrogen (secondary N) is 1. The van der Waals surface area contributed by atoms with E-state index in [-0.39, 0.29) is 5.91 Å². The molecule has 0 bridgehead atoms. The molecule has 1 N–H and O–H groups in total. The second-order valence-electron chi connectivity index (χ2n) is 6.48. The van der Waals surface area contributed by atoms with Crippen molar-refractivity contribution >= 4 is 5.91 Å². The van der Waals surface area contributed by atoms with E-state index in [4.69, 9.17) is 4.74 Å². The van der Waals surface area contributed by atoms with Crippen LogP contribution in [0, 0.1) is 0 Å². The molecule has 0 spiro atoms. The number of amides is 1. The molecule has 1 fully saturated rings. The molecule has 0 radical (unpaired) electrons. The third kappa shape index (κ3) is 5.03. The van der Waals surface area contributed by atoms with Crippen LogP contribution < -0.4 is 10.1 Å². The number of hydrogen-bond donors (Lipinski definition) is 1. The van der Waals surface area contributed by atoms with Crippen molar-refractivity contribution in [1.82, 2.24) is 15.2 Å². The first-order valence-corrected chi connectivity index (χ1v) is 8.86. The predicted molar refractivity (Wildman–Crippen MR) is 97.6 cm³/mol. The molecule has 5 nitrogen and oxygen atoms in total. The van der Waals surface area contributed by atoms with E-state index in [1.807, 2.05) is 30.3 Å². The summed E-state index contributed by atoms with van der Waals surface area (Å²) in [6, 6.07) is 11.5. The molecule has 25 heavy (non-hydrogen) atoms. The lowest BCUT2D eigenvalue weighted by Crippen LogP contribution is -2.40. The van der Waals surface area contributed by atoms with E-state index in [0.717, 1.165) is 18.7 Å². The lowest BCUT2D eigenvalue weighted by atomic mass is 10.2. The minimum absolute atomic E-state index is 0.0575. The zero-order valence-corrected chi connectivity index (χ0v) is 14.6. The van der Waals surface area contributed by atoms with Crippen molar-refractivity contribution in [2.45, 2.75) is 32.4 Å². The molecule has 0 unspecified atom stereocenters. The van der Waals surface area contributed by atoms with Gasteiger partial charge in [0.25, 0.3) is 5.91 Å². The molecule has 0 aliphatic carbocycles. The van der Waals surface area contributed by atoms with Crippen molar-refractivity contribution in [1.29, 1.82) is 0 Å². The summed E-state index contributed by atoms with van der Waals surface area (Å²) in [7, 11) is 0. The standard InChI is InChI=1S/C20H25N3O2/c1-16(23-10-2-3-11-23)13-22-20(24)18-7-4-8-19(12-18)25-15-17-6-5-9-21-14-17/h4-9,12,14,16H,2-3,10-11,13,15H2,1H3,(H,22,24)/t16-/m1/s1. The molecule has 0 saturated carbocycles. The lowest BCUT2D eigenvalue weighted by Gasteiger charge is -2.23. The molecule has 1 atom stereocenters. The lowest BCUT2D eigenvalue weighted by molar-refractivity contribution is 0.0940. The largest absolute Gasteiger partial charge is 0.489 e. The molecule has 132 valence electrons. The zero-order chi connectivity index (χ0) is 17.5. The quantitative estimate of drug-likeness (QED) is 0.843. The highest BCUT2D eigenvalue weighted by molar-refractivity contribution is 5.94. The number of aromatic nitrogens is 1. The Labute approximate surface area is 149 Å². The van der Waals surface area contributed by atoms with Gasteiger partial charge in [0.2, 0.25) is 0 Å². The van der Waals surface area contributed by atoms with Crippen molar-refractivity contribution in [2.75, 3.05) is 19.6 Å². The molecule has 1 aliphatic heterocycles. The summed E-state index contributed by atoms with van der Waals surface area (Å²) < 4.78 is 5.76. The number of carbonyl (C=O) groups is 1. The fourth-order valence-electron chi connectivity index (χ4n) is 3.03. The van der Waals surface area contributed by atoms with Crippen molar-refractivity contribution in [3.8, 4) is 5.75 Å². The van der Waals surface area contributed by atoms with Crippen LogP contribution >= 0.6 is 0 Å². The van der Waals surface area contributed by atoms with Gasteiger partial charge in [0.1, 0.15) is 12.4 Å². The summed E-state index contributed by atoms with van der Waals surface area (Å²) in [6.07, 6.45) is 6.02.